The van der Waals surface area contributed by atoms with E-state index >= 15 is 0 Å². The van der Waals surface area contributed by atoms with Crippen molar-refractivity contribution in [2.45, 2.75) is 70.4 Å². The number of piperazine rings is 1. The minimum atomic E-state index is -0.368. The molecule has 3 aliphatic rings. The van der Waals surface area contributed by atoms with Crippen molar-refractivity contribution in [2.24, 2.45) is 11.7 Å². The standard InChI is InChI=1S/C20H36N4O2/c1-16-7-4-6-10-24(16)18(25)15-22-11-13-23(14-12-22)19(26)17-8-3-5-9-20(17,2)21/h16-17H,3-15,21H2,1-2H3. The van der Waals surface area contributed by atoms with E-state index < -0.39 is 0 Å². The number of carbonyl (C=O) groups is 2. The summed E-state index contributed by atoms with van der Waals surface area (Å²) in [7, 11) is 0. The maximum atomic E-state index is 12.9. The highest BCUT2D eigenvalue weighted by atomic mass is 16.2. The van der Waals surface area contributed by atoms with Gasteiger partial charge in [-0.3, -0.25) is 14.5 Å². The Morgan fingerprint density at radius 3 is 2.35 bits per heavy atom. The van der Waals surface area contributed by atoms with Crippen molar-refractivity contribution in [3.63, 3.8) is 0 Å². The summed E-state index contributed by atoms with van der Waals surface area (Å²) in [6, 6.07) is 0.368. The first-order chi connectivity index (χ1) is 12.4. The van der Waals surface area contributed by atoms with Gasteiger partial charge in [0.15, 0.2) is 0 Å². The summed E-state index contributed by atoms with van der Waals surface area (Å²) >= 11 is 0. The third-order valence-corrected chi connectivity index (χ3v) is 6.72. The van der Waals surface area contributed by atoms with Crippen LogP contribution in [0.15, 0.2) is 0 Å². The van der Waals surface area contributed by atoms with E-state index in [-0.39, 0.29) is 23.3 Å². The number of nitrogens with zero attached hydrogens (tertiary/aromatic N) is 3. The maximum Gasteiger partial charge on any atom is 0.236 e. The largest absolute Gasteiger partial charge is 0.340 e. The highest BCUT2D eigenvalue weighted by Gasteiger charge is 2.40. The fraction of sp³-hybridized carbons (Fsp3) is 0.900. The van der Waals surface area contributed by atoms with E-state index in [0.717, 1.165) is 58.2 Å². The van der Waals surface area contributed by atoms with Crippen LogP contribution in [0, 0.1) is 5.92 Å². The SMILES string of the molecule is CC1CCCCN1C(=O)CN1CCN(C(=O)C2CCCCC2(C)N)CC1. The summed E-state index contributed by atoms with van der Waals surface area (Å²) in [5.41, 5.74) is 6.04. The Morgan fingerprint density at radius 1 is 1.00 bits per heavy atom. The molecule has 0 radical (unpaired) electrons. The maximum absolute atomic E-state index is 12.9. The number of hydrogen-bond acceptors (Lipinski definition) is 4. The molecule has 0 bridgehead atoms. The van der Waals surface area contributed by atoms with E-state index in [1.807, 2.05) is 16.7 Å². The van der Waals surface area contributed by atoms with Crippen LogP contribution in [-0.2, 0) is 9.59 Å². The first-order valence-electron chi connectivity index (χ1n) is 10.5. The normalized spacial score (nSPS) is 34.0. The summed E-state index contributed by atoms with van der Waals surface area (Å²) in [6.45, 7) is 8.58. The molecule has 0 aromatic rings. The van der Waals surface area contributed by atoms with Gasteiger partial charge in [-0.25, -0.2) is 0 Å². The van der Waals surface area contributed by atoms with Crippen LogP contribution in [-0.4, -0.2) is 77.4 Å². The molecule has 6 nitrogen and oxygen atoms in total. The molecule has 26 heavy (non-hydrogen) atoms. The van der Waals surface area contributed by atoms with Crippen LogP contribution in [0.3, 0.4) is 0 Å². The number of hydrogen-bond donors (Lipinski definition) is 1. The topological polar surface area (TPSA) is 69.9 Å². The third-order valence-electron chi connectivity index (χ3n) is 6.72. The van der Waals surface area contributed by atoms with Crippen LogP contribution in [0.1, 0.15) is 58.8 Å². The van der Waals surface area contributed by atoms with Gasteiger partial charge < -0.3 is 15.5 Å². The van der Waals surface area contributed by atoms with Crippen LogP contribution in [0.25, 0.3) is 0 Å². The molecule has 0 aromatic heterocycles. The molecule has 3 fully saturated rings. The smallest absolute Gasteiger partial charge is 0.236 e. The fourth-order valence-corrected chi connectivity index (χ4v) is 4.86. The van der Waals surface area contributed by atoms with Gasteiger partial charge in [0.25, 0.3) is 0 Å². The van der Waals surface area contributed by atoms with Crippen molar-refractivity contribution in [3.8, 4) is 0 Å². The Kier molecular flexibility index (Phi) is 6.23. The molecule has 2 heterocycles. The minimum absolute atomic E-state index is 0.0429. The number of carbonyl (C=O) groups excluding carboxylic acids is 2. The number of piperidine rings is 1. The Bertz CT molecular complexity index is 514. The van der Waals surface area contributed by atoms with Crippen molar-refractivity contribution in [3.05, 3.63) is 0 Å². The second-order valence-corrected chi connectivity index (χ2v) is 8.84. The molecule has 1 saturated carbocycles. The summed E-state index contributed by atoms with van der Waals surface area (Å²) in [5, 5.41) is 0. The molecule has 2 N–H and O–H groups in total. The van der Waals surface area contributed by atoms with Gasteiger partial charge in [-0.1, -0.05) is 12.8 Å². The average Bonchev–Trinajstić information content (AvgIpc) is 2.62. The van der Waals surface area contributed by atoms with E-state index in [2.05, 4.69) is 11.8 Å². The van der Waals surface area contributed by atoms with Crippen LogP contribution in [0.5, 0.6) is 0 Å². The van der Waals surface area contributed by atoms with Gasteiger partial charge in [-0.05, 0) is 46.0 Å². The zero-order valence-electron chi connectivity index (χ0n) is 16.6. The van der Waals surface area contributed by atoms with E-state index in [0.29, 0.717) is 25.7 Å². The molecule has 0 spiro atoms. The monoisotopic (exact) mass is 364 g/mol. The van der Waals surface area contributed by atoms with Gasteiger partial charge in [0, 0.05) is 44.3 Å². The third kappa shape index (κ3) is 4.39. The average molecular weight is 365 g/mol. The molecule has 2 amide bonds. The van der Waals surface area contributed by atoms with Crippen molar-refractivity contribution < 1.29 is 9.59 Å². The zero-order chi connectivity index (χ0) is 18.7. The Morgan fingerprint density at radius 2 is 1.69 bits per heavy atom. The molecule has 3 atom stereocenters. The summed E-state index contributed by atoms with van der Waals surface area (Å²) in [6.07, 6.45) is 7.55. The molecule has 148 valence electrons. The second kappa shape index (κ2) is 8.26. The van der Waals surface area contributed by atoms with Crippen LogP contribution in [0.2, 0.25) is 0 Å². The zero-order valence-corrected chi connectivity index (χ0v) is 16.6. The van der Waals surface area contributed by atoms with Gasteiger partial charge in [-0.2, -0.15) is 0 Å². The van der Waals surface area contributed by atoms with E-state index in [9.17, 15) is 9.59 Å². The number of nitrogens with two attached hydrogens (primary N) is 1. The van der Waals surface area contributed by atoms with E-state index in [4.69, 9.17) is 5.73 Å². The highest BCUT2D eigenvalue weighted by Crippen LogP contribution is 2.33. The first kappa shape index (κ1) is 19.6. The Balaban J connectivity index is 1.48. The molecule has 2 saturated heterocycles. The van der Waals surface area contributed by atoms with Gasteiger partial charge in [0.05, 0.1) is 12.5 Å². The highest BCUT2D eigenvalue weighted by molar-refractivity contribution is 5.81. The number of rotatable bonds is 3. The van der Waals surface area contributed by atoms with Gasteiger partial charge in [-0.15, -0.1) is 0 Å². The molecular formula is C20H36N4O2. The Hall–Kier alpha value is -1.14. The summed E-state index contributed by atoms with van der Waals surface area (Å²) < 4.78 is 0. The van der Waals surface area contributed by atoms with E-state index in [1.54, 1.807) is 0 Å². The van der Waals surface area contributed by atoms with Crippen LogP contribution in [0.4, 0.5) is 0 Å². The molecule has 6 heteroatoms. The molecule has 1 aliphatic carbocycles. The fourth-order valence-electron chi connectivity index (χ4n) is 4.86. The first-order valence-corrected chi connectivity index (χ1v) is 10.5. The van der Waals surface area contributed by atoms with Crippen molar-refractivity contribution in [2.75, 3.05) is 39.3 Å². The molecule has 0 aromatic carbocycles. The van der Waals surface area contributed by atoms with Crippen molar-refractivity contribution >= 4 is 11.8 Å². The molecule has 3 unspecified atom stereocenters. The van der Waals surface area contributed by atoms with E-state index in [1.165, 1.54) is 6.42 Å². The van der Waals surface area contributed by atoms with Gasteiger partial charge >= 0.3 is 0 Å². The predicted octanol–water partition coefficient (Wildman–Crippen LogP) is 1.44. The lowest BCUT2D eigenvalue weighted by Gasteiger charge is -2.42. The van der Waals surface area contributed by atoms with Crippen LogP contribution >= 0.6 is 0 Å². The number of likely N-dealkylation sites (tertiary alicyclic amines) is 1. The van der Waals surface area contributed by atoms with Gasteiger partial charge in [0.2, 0.25) is 11.8 Å². The molecule has 2 aliphatic heterocycles. The molecular weight excluding hydrogens is 328 g/mol. The van der Waals surface area contributed by atoms with Crippen molar-refractivity contribution in [1.29, 1.82) is 0 Å². The number of amides is 2. The summed E-state index contributed by atoms with van der Waals surface area (Å²) in [5.74, 6) is 0.433. The van der Waals surface area contributed by atoms with Gasteiger partial charge in [0.1, 0.15) is 0 Å². The quantitative estimate of drug-likeness (QED) is 0.823. The Labute approximate surface area is 158 Å². The molecule has 3 rings (SSSR count). The lowest BCUT2D eigenvalue weighted by molar-refractivity contribution is -0.141. The lowest BCUT2D eigenvalue weighted by atomic mass is 9.74. The van der Waals surface area contributed by atoms with Crippen molar-refractivity contribution in [1.82, 2.24) is 14.7 Å². The summed E-state index contributed by atoms with van der Waals surface area (Å²) in [4.78, 5) is 31.8. The predicted molar refractivity (Wildman–Crippen MR) is 103 cm³/mol. The van der Waals surface area contributed by atoms with Crippen LogP contribution < -0.4 is 5.73 Å². The second-order valence-electron chi connectivity index (χ2n) is 8.84. The minimum Gasteiger partial charge on any atom is -0.340 e. The lowest BCUT2D eigenvalue weighted by Crippen LogP contribution is -2.58.